The topological polar surface area (TPSA) is 27.1 Å². The summed E-state index contributed by atoms with van der Waals surface area (Å²) in [5, 5.41) is 4.24. The lowest BCUT2D eigenvalue weighted by Crippen LogP contribution is -2.31. The molecule has 0 aromatic carbocycles. The first-order chi connectivity index (χ1) is 5.56. The van der Waals surface area contributed by atoms with E-state index in [1.807, 2.05) is 24.0 Å². The lowest BCUT2D eigenvalue weighted by molar-refractivity contribution is 0.101. The van der Waals surface area contributed by atoms with Crippen molar-refractivity contribution < 1.29 is 4.74 Å². The maximum absolute atomic E-state index is 5.11. The fourth-order valence-corrected chi connectivity index (χ4v) is 1.16. The molecular formula is C9H16N2O. The SMILES string of the molecule is COCC(C)(C)n1cc(C)cn1. The molecule has 0 atom stereocenters. The summed E-state index contributed by atoms with van der Waals surface area (Å²) in [5.74, 6) is 0. The molecule has 3 nitrogen and oxygen atoms in total. The highest BCUT2D eigenvalue weighted by Gasteiger charge is 2.20. The number of aromatic nitrogens is 2. The molecule has 0 saturated carbocycles. The summed E-state index contributed by atoms with van der Waals surface area (Å²) in [7, 11) is 1.71. The molecule has 0 N–H and O–H groups in total. The molecule has 1 aromatic heterocycles. The second-order valence-electron chi connectivity index (χ2n) is 3.71. The first-order valence-electron chi connectivity index (χ1n) is 4.07. The summed E-state index contributed by atoms with van der Waals surface area (Å²) < 4.78 is 7.05. The molecule has 3 heteroatoms. The molecule has 0 radical (unpaired) electrons. The molecule has 0 saturated heterocycles. The van der Waals surface area contributed by atoms with E-state index in [4.69, 9.17) is 4.74 Å². The Hall–Kier alpha value is -0.830. The molecule has 0 bridgehead atoms. The zero-order valence-electron chi connectivity index (χ0n) is 8.16. The fourth-order valence-electron chi connectivity index (χ4n) is 1.16. The van der Waals surface area contributed by atoms with Gasteiger partial charge in [0.15, 0.2) is 0 Å². The van der Waals surface area contributed by atoms with Crippen molar-refractivity contribution in [2.24, 2.45) is 0 Å². The Bertz CT molecular complexity index is 253. The van der Waals surface area contributed by atoms with Crippen LogP contribution in [-0.2, 0) is 10.3 Å². The van der Waals surface area contributed by atoms with Crippen LogP contribution in [0.3, 0.4) is 0 Å². The third-order valence-corrected chi connectivity index (χ3v) is 1.83. The molecule has 0 aliphatic heterocycles. The van der Waals surface area contributed by atoms with Gasteiger partial charge < -0.3 is 4.74 Å². The Balaban J connectivity index is 2.81. The average Bonchev–Trinajstić information content (AvgIpc) is 2.36. The Labute approximate surface area is 73.3 Å². The van der Waals surface area contributed by atoms with E-state index in [0.717, 1.165) is 0 Å². The molecular weight excluding hydrogens is 152 g/mol. The van der Waals surface area contributed by atoms with E-state index in [9.17, 15) is 0 Å². The monoisotopic (exact) mass is 168 g/mol. The number of hydrogen-bond acceptors (Lipinski definition) is 2. The Morgan fingerprint density at radius 2 is 2.25 bits per heavy atom. The molecule has 0 fully saturated rings. The van der Waals surface area contributed by atoms with E-state index in [0.29, 0.717) is 6.61 Å². The highest BCUT2D eigenvalue weighted by atomic mass is 16.5. The van der Waals surface area contributed by atoms with Gasteiger partial charge >= 0.3 is 0 Å². The molecule has 68 valence electrons. The second kappa shape index (κ2) is 3.27. The van der Waals surface area contributed by atoms with Crippen molar-refractivity contribution in [2.75, 3.05) is 13.7 Å². The second-order valence-corrected chi connectivity index (χ2v) is 3.71. The minimum Gasteiger partial charge on any atom is -0.382 e. The van der Waals surface area contributed by atoms with Gasteiger partial charge in [-0.3, -0.25) is 4.68 Å². The van der Waals surface area contributed by atoms with Crippen molar-refractivity contribution in [2.45, 2.75) is 26.3 Å². The van der Waals surface area contributed by atoms with Crippen molar-refractivity contribution in [3.63, 3.8) is 0 Å². The summed E-state index contributed by atoms with van der Waals surface area (Å²) in [6.45, 7) is 6.91. The minimum atomic E-state index is -0.0526. The number of rotatable bonds is 3. The van der Waals surface area contributed by atoms with Crippen LogP contribution in [0.1, 0.15) is 19.4 Å². The number of ether oxygens (including phenoxy) is 1. The lowest BCUT2D eigenvalue weighted by Gasteiger charge is -2.24. The number of nitrogens with zero attached hydrogens (tertiary/aromatic N) is 2. The lowest BCUT2D eigenvalue weighted by atomic mass is 10.1. The molecule has 1 rings (SSSR count). The molecule has 0 spiro atoms. The van der Waals surface area contributed by atoms with Gasteiger partial charge in [0.2, 0.25) is 0 Å². The zero-order chi connectivity index (χ0) is 9.19. The maximum Gasteiger partial charge on any atom is 0.0803 e. The van der Waals surface area contributed by atoms with Gasteiger partial charge in [-0.2, -0.15) is 5.10 Å². The number of aryl methyl sites for hydroxylation is 1. The van der Waals surface area contributed by atoms with Gasteiger partial charge in [0.1, 0.15) is 0 Å². The minimum absolute atomic E-state index is 0.0526. The highest BCUT2D eigenvalue weighted by Crippen LogP contribution is 2.14. The highest BCUT2D eigenvalue weighted by molar-refractivity contribution is 5.01. The summed E-state index contributed by atoms with van der Waals surface area (Å²) in [4.78, 5) is 0. The summed E-state index contributed by atoms with van der Waals surface area (Å²) in [6, 6.07) is 0. The standard InChI is InChI=1S/C9H16N2O/c1-8-5-10-11(6-8)9(2,3)7-12-4/h5-6H,7H2,1-4H3. The third kappa shape index (κ3) is 1.85. The Morgan fingerprint density at radius 3 is 2.67 bits per heavy atom. The van der Waals surface area contributed by atoms with Gasteiger partial charge in [-0.05, 0) is 26.3 Å². The van der Waals surface area contributed by atoms with Crippen molar-refractivity contribution in [3.05, 3.63) is 18.0 Å². The van der Waals surface area contributed by atoms with E-state index >= 15 is 0 Å². The van der Waals surface area contributed by atoms with E-state index in [2.05, 4.69) is 18.9 Å². The predicted molar refractivity (Wildman–Crippen MR) is 48.2 cm³/mol. The largest absolute Gasteiger partial charge is 0.382 e. The molecule has 0 aliphatic carbocycles. The number of methoxy groups -OCH3 is 1. The quantitative estimate of drug-likeness (QED) is 0.685. The van der Waals surface area contributed by atoms with Crippen molar-refractivity contribution >= 4 is 0 Å². The predicted octanol–water partition coefficient (Wildman–Crippen LogP) is 1.57. The third-order valence-electron chi connectivity index (χ3n) is 1.83. The van der Waals surface area contributed by atoms with Crippen LogP contribution in [0.2, 0.25) is 0 Å². The first kappa shape index (κ1) is 9.26. The normalized spacial score (nSPS) is 12.0. The fraction of sp³-hybridized carbons (Fsp3) is 0.667. The first-order valence-corrected chi connectivity index (χ1v) is 4.07. The van der Waals surface area contributed by atoms with Gasteiger partial charge in [0.05, 0.1) is 18.3 Å². The van der Waals surface area contributed by atoms with Crippen molar-refractivity contribution in [3.8, 4) is 0 Å². The molecule has 0 unspecified atom stereocenters. The van der Waals surface area contributed by atoms with Gasteiger partial charge in [0, 0.05) is 13.3 Å². The number of hydrogen-bond donors (Lipinski definition) is 0. The summed E-state index contributed by atoms with van der Waals surface area (Å²) in [6.07, 6.45) is 3.89. The molecule has 0 aliphatic rings. The van der Waals surface area contributed by atoms with Crippen LogP contribution in [0.4, 0.5) is 0 Å². The van der Waals surface area contributed by atoms with Gasteiger partial charge in [-0.15, -0.1) is 0 Å². The summed E-state index contributed by atoms with van der Waals surface area (Å²) in [5.41, 5.74) is 1.13. The average molecular weight is 168 g/mol. The zero-order valence-corrected chi connectivity index (χ0v) is 8.16. The van der Waals surface area contributed by atoms with Crippen LogP contribution in [0.5, 0.6) is 0 Å². The maximum atomic E-state index is 5.11. The molecule has 12 heavy (non-hydrogen) atoms. The smallest absolute Gasteiger partial charge is 0.0803 e. The van der Waals surface area contributed by atoms with Crippen LogP contribution in [-0.4, -0.2) is 23.5 Å². The van der Waals surface area contributed by atoms with Gasteiger partial charge in [-0.1, -0.05) is 0 Å². The molecule has 1 aromatic rings. The van der Waals surface area contributed by atoms with Crippen LogP contribution in [0, 0.1) is 6.92 Å². The van der Waals surface area contributed by atoms with Crippen LogP contribution in [0.15, 0.2) is 12.4 Å². The van der Waals surface area contributed by atoms with Crippen LogP contribution >= 0.6 is 0 Å². The van der Waals surface area contributed by atoms with E-state index < -0.39 is 0 Å². The van der Waals surface area contributed by atoms with E-state index in [-0.39, 0.29) is 5.54 Å². The van der Waals surface area contributed by atoms with Crippen LogP contribution < -0.4 is 0 Å². The summed E-state index contributed by atoms with van der Waals surface area (Å²) >= 11 is 0. The molecule has 0 amide bonds. The Morgan fingerprint density at radius 1 is 1.58 bits per heavy atom. The van der Waals surface area contributed by atoms with Crippen molar-refractivity contribution in [1.29, 1.82) is 0 Å². The van der Waals surface area contributed by atoms with E-state index in [1.165, 1.54) is 5.56 Å². The Kier molecular flexibility index (Phi) is 2.52. The van der Waals surface area contributed by atoms with Crippen molar-refractivity contribution in [1.82, 2.24) is 9.78 Å². The van der Waals surface area contributed by atoms with Gasteiger partial charge in [-0.25, -0.2) is 0 Å². The van der Waals surface area contributed by atoms with Gasteiger partial charge in [0.25, 0.3) is 0 Å². The molecule has 1 heterocycles. The van der Waals surface area contributed by atoms with E-state index in [1.54, 1.807) is 7.11 Å². The van der Waals surface area contributed by atoms with Crippen LogP contribution in [0.25, 0.3) is 0 Å².